The predicted octanol–water partition coefficient (Wildman–Crippen LogP) is 1.52. The van der Waals surface area contributed by atoms with Crippen LogP contribution in [0.2, 0.25) is 5.15 Å². The molecule has 3 aromatic rings. The Morgan fingerprint density at radius 2 is 1.03 bits per heavy atom. The molecule has 0 radical (unpaired) electrons. The summed E-state index contributed by atoms with van der Waals surface area (Å²) < 4.78 is 45.1. The third-order valence-corrected chi connectivity index (χ3v) is 12.9. The molecule has 8 heterocycles. The summed E-state index contributed by atoms with van der Waals surface area (Å²) in [4.78, 5) is 28.0. The summed E-state index contributed by atoms with van der Waals surface area (Å²) in [6, 6.07) is 11.1. The number of pyridine rings is 3. The Bertz CT molecular complexity index is 1790. The first kappa shape index (κ1) is 76.0. The van der Waals surface area contributed by atoms with Crippen LogP contribution < -0.4 is 123 Å². The zero-order valence-corrected chi connectivity index (χ0v) is 55.3. The van der Waals surface area contributed by atoms with Crippen molar-refractivity contribution in [2.24, 2.45) is 4.74 Å². The van der Waals surface area contributed by atoms with Gasteiger partial charge in [-0.1, -0.05) is 37.9 Å². The standard InChI is InChI=1S/C12H24B2O4.C10H15BN2O3.C10H13BrN2O.C6H12O.C5H3BrClN.CH4NP.CH2O3.CH4.2K.H/c1-9(2)10(3,4)16-13(15-9)14-17-11(5,6)12(7,8)18-14;14-11(15)9-2-3-10(12-8-9)13-4-1-6-16-7-5-13;11-9-2-3-10(12-8-9)13-4-1-6-14-7-5-13;1-2-4-6-7-5-3-1;6-4-1-2-5(7)8-3-4;1-2-3;2-1-4-3;;;;/h1-8H3;2-3,8,14-15H,1,4-7H2;2-3,8H,1,4-7H2;1-6H2;1-3H;3H,1H3;1,3H;1H4;;;/q;;;;;;;;2*+1;-1/p-1. The van der Waals surface area contributed by atoms with Crippen molar-refractivity contribution in [2.75, 3.05) is 82.7 Å². The molecular formula is C46H77B3Br2ClK2N6O12P. The largest absolute Gasteiger partial charge is 1.00 e. The number of hydrogen-bond acceptors (Lipinski definition) is 18. The number of rotatable bonds is 5. The van der Waals surface area contributed by atoms with Gasteiger partial charge in [0.25, 0.3) is 6.47 Å². The molecule has 73 heavy (non-hydrogen) atoms. The van der Waals surface area contributed by atoms with Crippen LogP contribution >= 0.6 is 52.5 Å². The summed E-state index contributed by atoms with van der Waals surface area (Å²) in [5.74, 6) is 1.90. The number of aromatic nitrogens is 3. The Balaban J connectivity index is -0.000000837. The second kappa shape index (κ2) is 41.0. The molecule has 0 amide bonds. The van der Waals surface area contributed by atoms with E-state index in [1.165, 1.54) is 31.9 Å². The van der Waals surface area contributed by atoms with Crippen molar-refractivity contribution in [3.05, 3.63) is 69.1 Å². The first-order valence-electron chi connectivity index (χ1n) is 23.3. The fourth-order valence-corrected chi connectivity index (χ4v) is 7.04. The second-order valence-electron chi connectivity index (χ2n) is 18.1. The van der Waals surface area contributed by atoms with E-state index in [1.54, 1.807) is 31.4 Å². The van der Waals surface area contributed by atoms with Crippen molar-refractivity contribution in [3.63, 3.8) is 0 Å². The zero-order valence-electron chi connectivity index (χ0n) is 45.1. The summed E-state index contributed by atoms with van der Waals surface area (Å²) in [5.41, 5.74) is -1.03. The van der Waals surface area contributed by atoms with E-state index in [4.69, 9.17) is 64.5 Å². The minimum Gasteiger partial charge on any atom is -1.00 e. The monoisotopic (exact) mass is 1240 g/mol. The van der Waals surface area contributed by atoms with Gasteiger partial charge in [-0.25, -0.2) is 15.0 Å². The van der Waals surface area contributed by atoms with Gasteiger partial charge in [0.1, 0.15) is 16.8 Å². The third kappa shape index (κ3) is 29.8. The van der Waals surface area contributed by atoms with Gasteiger partial charge in [0.2, 0.25) is 0 Å². The molecule has 0 spiro atoms. The van der Waals surface area contributed by atoms with E-state index in [2.05, 4.69) is 75.3 Å². The molecule has 400 valence electrons. The van der Waals surface area contributed by atoms with E-state index < -0.39 is 21.1 Å². The number of nitrogens with zero attached hydrogens (tertiary/aromatic N) is 6. The van der Waals surface area contributed by atoms with Crippen LogP contribution in [-0.4, -0.2) is 148 Å². The van der Waals surface area contributed by atoms with Crippen LogP contribution in [0.25, 0.3) is 0 Å². The maximum Gasteiger partial charge on any atom is 1.00 e. The summed E-state index contributed by atoms with van der Waals surface area (Å²) >= 11 is 12.1. The minimum atomic E-state index is -1.45. The molecule has 5 aliphatic rings. The molecule has 0 saturated carbocycles. The molecule has 8 rings (SSSR count). The van der Waals surface area contributed by atoms with Crippen LogP contribution in [0.3, 0.4) is 0 Å². The molecule has 0 aromatic carbocycles. The van der Waals surface area contributed by atoms with E-state index >= 15 is 0 Å². The van der Waals surface area contributed by atoms with Crippen LogP contribution in [0, 0.1) is 0 Å². The maximum atomic E-state index is 8.95. The van der Waals surface area contributed by atoms with Crippen molar-refractivity contribution in [2.45, 2.75) is 124 Å². The van der Waals surface area contributed by atoms with Gasteiger partial charge in [0, 0.05) is 92.7 Å². The number of carbonyl (C=O) groups excluding carboxylic acids is 1. The number of halogens is 3. The van der Waals surface area contributed by atoms with E-state index in [1.807, 2.05) is 79.8 Å². The van der Waals surface area contributed by atoms with Crippen molar-refractivity contribution < 1.29 is 162 Å². The zero-order chi connectivity index (χ0) is 52.2. The van der Waals surface area contributed by atoms with Gasteiger partial charge in [-0.05, 0) is 152 Å². The van der Waals surface area contributed by atoms with Crippen molar-refractivity contribution in [3.8, 4) is 0 Å². The predicted molar refractivity (Wildman–Crippen MR) is 291 cm³/mol. The van der Waals surface area contributed by atoms with Crippen molar-refractivity contribution >= 4 is 97.2 Å². The van der Waals surface area contributed by atoms with Crippen LogP contribution in [0.15, 0.2) is 68.7 Å². The number of ether oxygens (including phenoxy) is 3. The molecule has 27 heteroatoms. The smallest absolute Gasteiger partial charge is 1.00 e. The van der Waals surface area contributed by atoms with Gasteiger partial charge in [-0.3, -0.25) is 9.54 Å². The first-order valence-corrected chi connectivity index (χ1v) is 25.7. The quantitative estimate of drug-likeness (QED) is 0.0926. The van der Waals surface area contributed by atoms with E-state index in [9.17, 15) is 0 Å². The second-order valence-corrected chi connectivity index (χ2v) is 20.7. The van der Waals surface area contributed by atoms with Gasteiger partial charge in [-0.15, -0.1) is 0 Å². The molecule has 5 saturated heterocycles. The molecule has 3 aromatic heterocycles. The van der Waals surface area contributed by atoms with Gasteiger partial charge >= 0.3 is 124 Å². The van der Waals surface area contributed by atoms with Crippen molar-refractivity contribution in [1.29, 1.82) is 0 Å². The number of hydrogen-bond donors (Lipinski definition) is 2. The van der Waals surface area contributed by atoms with Gasteiger partial charge in [-0.2, -0.15) is 0 Å². The van der Waals surface area contributed by atoms with Crippen LogP contribution in [0.1, 0.15) is 103 Å². The molecule has 18 nitrogen and oxygen atoms in total. The summed E-state index contributed by atoms with van der Waals surface area (Å²) in [6.45, 7) is 24.9. The number of anilines is 2. The molecular weight excluding hydrogens is 1170 g/mol. The van der Waals surface area contributed by atoms with Gasteiger partial charge < -0.3 is 64.2 Å². The number of carbonyl (C=O) groups is 1. The Morgan fingerprint density at radius 1 is 0.671 bits per heavy atom. The average Bonchev–Trinajstić information content (AvgIpc) is 3.73. The molecule has 5 aliphatic heterocycles. The fourth-order valence-electron chi connectivity index (χ4n) is 6.46. The maximum absolute atomic E-state index is 8.95. The summed E-state index contributed by atoms with van der Waals surface area (Å²) in [5, 5.41) is 26.9. The molecule has 0 atom stereocenters. The minimum absolute atomic E-state index is 0. The third-order valence-electron chi connectivity index (χ3n) is 11.7. The van der Waals surface area contributed by atoms with Crippen LogP contribution in [0.5, 0.6) is 0 Å². The normalized spacial score (nSPS) is 18.8. The SMILES string of the molecule is Brc1ccc(N2CCCOCC2)nc1.C.C1CCCOCC1.CC1(C)OB(B2OC(C)(C)C(C)(C)O2)OC1(C)C.CN=P.Clc1ccc(Br)cn1.O=CO[O-].OB(O)c1ccc(N2CCCOCC2)nc1.[H-].[K+].[K+]. The summed E-state index contributed by atoms with van der Waals surface area (Å²) in [6.07, 6.45) is 12.4. The molecule has 0 unspecified atom stereocenters. The topological polar surface area (TPSA) is 212 Å². The average molecular weight is 1240 g/mol. The Hall–Kier alpha value is 0.938. The molecule has 2 N–H and O–H groups in total. The van der Waals surface area contributed by atoms with E-state index in [0.29, 0.717) is 17.2 Å². The first-order chi connectivity index (χ1) is 33.1. The van der Waals surface area contributed by atoms with Crippen LogP contribution in [0.4, 0.5) is 11.6 Å². The van der Waals surface area contributed by atoms with Crippen LogP contribution in [-0.2, 0) is 42.5 Å². The van der Waals surface area contributed by atoms with Crippen molar-refractivity contribution in [1.82, 2.24) is 15.0 Å². The molecule has 0 aliphatic carbocycles. The van der Waals surface area contributed by atoms with E-state index in [-0.39, 0.29) is 140 Å². The van der Waals surface area contributed by atoms with Gasteiger partial charge in [0.15, 0.2) is 0 Å². The molecule has 0 bridgehead atoms. The summed E-state index contributed by atoms with van der Waals surface area (Å²) in [7, 11) is 2.07. The Labute approximate surface area is 547 Å². The molecule has 5 fully saturated rings. The Kier molecular flexibility index (Phi) is 42.7. The fraction of sp³-hybridized carbons (Fsp3) is 0.652. The Morgan fingerprint density at radius 3 is 1.34 bits per heavy atom. The van der Waals surface area contributed by atoms with Gasteiger partial charge in [0.05, 0.1) is 35.6 Å². The van der Waals surface area contributed by atoms with E-state index in [0.717, 1.165) is 92.6 Å².